The second kappa shape index (κ2) is 18.2. The minimum Gasteiger partial charge on any atom is -0.394 e. The quantitative estimate of drug-likeness (QED) is 0.344. The lowest BCUT2D eigenvalue weighted by Gasteiger charge is -2.09. The largest absolute Gasteiger partial charge is 0.394 e. The third-order valence-electron chi connectivity index (χ3n) is 4.54. The lowest BCUT2D eigenvalue weighted by molar-refractivity contribution is 0.00526. The number of hydrogen-bond acceptors (Lipinski definition) is 3. The molecular weight excluding hydrogens is 288 g/mol. The van der Waals surface area contributed by atoms with Crippen LogP contribution < -0.4 is 0 Å². The highest BCUT2D eigenvalue weighted by Gasteiger charge is 2.01. The molecule has 3 heteroatoms. The van der Waals surface area contributed by atoms with Gasteiger partial charge in [0, 0.05) is 6.61 Å². The van der Waals surface area contributed by atoms with Crippen LogP contribution in [0.25, 0.3) is 0 Å². The first kappa shape index (κ1) is 22.9. The molecule has 2 atom stereocenters. The molecule has 0 aliphatic heterocycles. The highest BCUT2D eigenvalue weighted by molar-refractivity contribution is 4.54. The Balaban J connectivity index is 3.05. The summed E-state index contributed by atoms with van der Waals surface area (Å²) in [5.74, 6) is 0.927. The Morgan fingerprint density at radius 2 is 1.30 bits per heavy atom. The molecule has 140 valence electrons. The Morgan fingerprint density at radius 3 is 1.83 bits per heavy atom. The number of rotatable bonds is 18. The number of aliphatic hydroxyl groups is 2. The van der Waals surface area contributed by atoms with E-state index in [0.717, 1.165) is 12.3 Å². The SMILES string of the molecule is CCCC(C)CCCCCCCCCCCCOC[C@@H](O)CO. The van der Waals surface area contributed by atoms with E-state index in [1.807, 2.05) is 0 Å². The Hall–Kier alpha value is -0.120. The maximum atomic E-state index is 9.11. The van der Waals surface area contributed by atoms with E-state index >= 15 is 0 Å². The van der Waals surface area contributed by atoms with E-state index in [2.05, 4.69) is 13.8 Å². The summed E-state index contributed by atoms with van der Waals surface area (Å²) >= 11 is 0. The maximum Gasteiger partial charge on any atom is 0.100 e. The molecule has 0 spiro atoms. The lowest BCUT2D eigenvalue weighted by atomic mass is 9.98. The van der Waals surface area contributed by atoms with Crippen LogP contribution in [0.1, 0.15) is 97.3 Å². The van der Waals surface area contributed by atoms with Gasteiger partial charge in [-0.3, -0.25) is 0 Å². The van der Waals surface area contributed by atoms with Crippen molar-refractivity contribution in [2.24, 2.45) is 5.92 Å². The predicted octanol–water partition coefficient (Wildman–Crippen LogP) is 5.08. The molecule has 23 heavy (non-hydrogen) atoms. The number of ether oxygens (including phenoxy) is 1. The van der Waals surface area contributed by atoms with Crippen molar-refractivity contribution in [2.45, 2.75) is 103 Å². The molecule has 0 fully saturated rings. The first-order valence-electron chi connectivity index (χ1n) is 10.1. The van der Waals surface area contributed by atoms with Gasteiger partial charge in [-0.2, -0.15) is 0 Å². The average Bonchev–Trinajstić information content (AvgIpc) is 2.55. The topological polar surface area (TPSA) is 49.7 Å². The smallest absolute Gasteiger partial charge is 0.100 e. The van der Waals surface area contributed by atoms with E-state index in [-0.39, 0.29) is 13.2 Å². The molecule has 2 N–H and O–H groups in total. The third kappa shape index (κ3) is 18.1. The van der Waals surface area contributed by atoms with Gasteiger partial charge in [0.2, 0.25) is 0 Å². The van der Waals surface area contributed by atoms with Crippen LogP contribution >= 0.6 is 0 Å². The van der Waals surface area contributed by atoms with Crippen molar-refractivity contribution in [3.05, 3.63) is 0 Å². The van der Waals surface area contributed by atoms with Crippen molar-refractivity contribution < 1.29 is 14.9 Å². The van der Waals surface area contributed by atoms with Crippen LogP contribution in [-0.4, -0.2) is 36.1 Å². The number of aliphatic hydroxyl groups excluding tert-OH is 2. The summed E-state index contributed by atoms with van der Waals surface area (Å²) in [5, 5.41) is 17.8. The van der Waals surface area contributed by atoms with Crippen molar-refractivity contribution in [3.8, 4) is 0 Å². The summed E-state index contributed by atoms with van der Waals surface area (Å²) in [7, 11) is 0. The van der Waals surface area contributed by atoms with Gasteiger partial charge in [-0.25, -0.2) is 0 Å². The van der Waals surface area contributed by atoms with Crippen molar-refractivity contribution in [2.75, 3.05) is 19.8 Å². The molecule has 0 aliphatic rings. The van der Waals surface area contributed by atoms with Crippen LogP contribution in [0.2, 0.25) is 0 Å². The summed E-state index contributed by atoms with van der Waals surface area (Å²) in [6, 6.07) is 0. The molecule has 0 aromatic carbocycles. The normalized spacial score (nSPS) is 14.1. The monoisotopic (exact) mass is 330 g/mol. The molecule has 0 aromatic heterocycles. The average molecular weight is 331 g/mol. The molecular formula is C20H42O3. The summed E-state index contributed by atoms with van der Waals surface area (Å²) in [5.41, 5.74) is 0. The van der Waals surface area contributed by atoms with Crippen LogP contribution in [0.3, 0.4) is 0 Å². The van der Waals surface area contributed by atoms with Crippen LogP contribution in [0, 0.1) is 5.92 Å². The Kier molecular flexibility index (Phi) is 18.1. The number of unbranched alkanes of at least 4 members (excludes halogenated alkanes) is 9. The van der Waals surface area contributed by atoms with Gasteiger partial charge in [-0.15, -0.1) is 0 Å². The van der Waals surface area contributed by atoms with E-state index in [0.29, 0.717) is 6.61 Å². The van der Waals surface area contributed by atoms with E-state index in [1.165, 1.54) is 77.0 Å². The molecule has 0 aromatic rings. The van der Waals surface area contributed by atoms with Crippen molar-refractivity contribution in [3.63, 3.8) is 0 Å². The van der Waals surface area contributed by atoms with Crippen LogP contribution in [-0.2, 0) is 4.74 Å². The van der Waals surface area contributed by atoms with Gasteiger partial charge in [0.15, 0.2) is 0 Å². The zero-order chi connectivity index (χ0) is 17.2. The first-order valence-corrected chi connectivity index (χ1v) is 10.1. The zero-order valence-electron chi connectivity index (χ0n) is 15.8. The van der Waals surface area contributed by atoms with Gasteiger partial charge in [0.1, 0.15) is 6.10 Å². The minimum absolute atomic E-state index is 0.211. The van der Waals surface area contributed by atoms with Crippen molar-refractivity contribution >= 4 is 0 Å². The Bertz CT molecular complexity index is 221. The standard InChI is InChI=1S/C20H42O3/c1-3-14-19(2)15-12-10-8-6-4-5-7-9-11-13-16-23-18-20(22)17-21/h19-22H,3-18H2,1-2H3/t19?,20-/m0/s1. The van der Waals surface area contributed by atoms with Crippen LogP contribution in [0.15, 0.2) is 0 Å². The summed E-state index contributed by atoms with van der Waals surface area (Å²) in [6.45, 7) is 5.42. The molecule has 0 rings (SSSR count). The van der Waals surface area contributed by atoms with Gasteiger partial charge in [-0.1, -0.05) is 90.9 Å². The molecule has 0 aliphatic carbocycles. The maximum absolute atomic E-state index is 9.11. The van der Waals surface area contributed by atoms with Crippen LogP contribution in [0.4, 0.5) is 0 Å². The molecule has 0 heterocycles. The molecule has 3 nitrogen and oxygen atoms in total. The molecule has 1 unspecified atom stereocenters. The Labute approximate surface area is 144 Å². The Morgan fingerprint density at radius 1 is 0.783 bits per heavy atom. The van der Waals surface area contributed by atoms with Gasteiger partial charge in [0.25, 0.3) is 0 Å². The molecule has 0 amide bonds. The first-order chi connectivity index (χ1) is 11.2. The highest BCUT2D eigenvalue weighted by atomic mass is 16.5. The summed E-state index contributed by atoms with van der Waals surface area (Å²) < 4.78 is 5.29. The van der Waals surface area contributed by atoms with Crippen molar-refractivity contribution in [1.29, 1.82) is 0 Å². The van der Waals surface area contributed by atoms with E-state index in [1.54, 1.807) is 0 Å². The van der Waals surface area contributed by atoms with Gasteiger partial charge in [0.05, 0.1) is 13.2 Å². The molecule has 0 saturated heterocycles. The van der Waals surface area contributed by atoms with Gasteiger partial charge in [-0.05, 0) is 12.3 Å². The van der Waals surface area contributed by atoms with Gasteiger partial charge >= 0.3 is 0 Å². The fraction of sp³-hybridized carbons (Fsp3) is 1.00. The highest BCUT2D eigenvalue weighted by Crippen LogP contribution is 2.16. The fourth-order valence-corrected chi connectivity index (χ4v) is 3.02. The molecule has 0 bridgehead atoms. The van der Waals surface area contributed by atoms with Crippen LogP contribution in [0.5, 0.6) is 0 Å². The van der Waals surface area contributed by atoms with E-state index < -0.39 is 6.10 Å². The lowest BCUT2D eigenvalue weighted by Crippen LogP contribution is -2.19. The predicted molar refractivity (Wildman–Crippen MR) is 98.8 cm³/mol. The second-order valence-corrected chi connectivity index (χ2v) is 7.13. The summed E-state index contributed by atoms with van der Waals surface area (Å²) in [4.78, 5) is 0. The van der Waals surface area contributed by atoms with Gasteiger partial charge < -0.3 is 14.9 Å². The van der Waals surface area contributed by atoms with Crippen molar-refractivity contribution in [1.82, 2.24) is 0 Å². The summed E-state index contributed by atoms with van der Waals surface area (Å²) in [6.07, 6.45) is 16.8. The third-order valence-corrected chi connectivity index (χ3v) is 4.54. The number of hydrogen-bond donors (Lipinski definition) is 2. The second-order valence-electron chi connectivity index (χ2n) is 7.13. The zero-order valence-corrected chi connectivity index (χ0v) is 15.8. The molecule has 0 radical (unpaired) electrons. The van der Waals surface area contributed by atoms with E-state index in [4.69, 9.17) is 14.9 Å². The van der Waals surface area contributed by atoms with E-state index in [9.17, 15) is 0 Å². The minimum atomic E-state index is -0.718. The molecule has 0 saturated carbocycles. The fourth-order valence-electron chi connectivity index (χ4n) is 3.02.